The molecular weight excluding hydrogens is 252 g/mol. The molecule has 0 spiro atoms. The second kappa shape index (κ2) is 6.93. The first-order valence-corrected chi connectivity index (χ1v) is 3.78. The zero-order chi connectivity index (χ0) is 13.2. The summed E-state index contributed by atoms with van der Waals surface area (Å²) in [6.45, 7) is 0. The quantitative estimate of drug-likeness (QED) is 0.343. The van der Waals surface area contributed by atoms with Gasteiger partial charge in [-0.05, 0) is 0 Å². The number of rotatable bonds is 6. The molecule has 0 unspecified atom stereocenters. The van der Waals surface area contributed by atoms with Crippen molar-refractivity contribution in [3.63, 3.8) is 0 Å². The van der Waals surface area contributed by atoms with Crippen molar-refractivity contribution >= 4 is 18.2 Å². The predicted octanol–water partition coefficient (Wildman–Crippen LogP) is -1.24. The minimum atomic E-state index is -0.555. The summed E-state index contributed by atoms with van der Waals surface area (Å²) in [6, 6.07) is -1.67. The largest absolute Gasteiger partial charge is 0.356 e. The van der Waals surface area contributed by atoms with Gasteiger partial charge in [0.05, 0.1) is 0 Å². The maximum Gasteiger partial charge on any atom is 0.356 e. The highest BCUT2D eigenvalue weighted by atomic mass is 16.7. The molecule has 0 N–H and O–H groups in total. The van der Waals surface area contributed by atoms with Gasteiger partial charge >= 0.3 is 18.0 Å². The Kier molecular flexibility index (Phi) is 4.86. The lowest BCUT2D eigenvalue weighted by Crippen LogP contribution is -2.00. The van der Waals surface area contributed by atoms with Crippen molar-refractivity contribution in [2.24, 2.45) is 15.5 Å². The first kappa shape index (κ1) is 12.6. The van der Waals surface area contributed by atoms with Gasteiger partial charge in [-0.1, -0.05) is 0 Å². The van der Waals surface area contributed by atoms with E-state index < -0.39 is 18.0 Å². The molecule has 1 heterocycles. The monoisotopic (exact) mass is 252 g/mol. The first-order valence-electron chi connectivity index (χ1n) is 3.78. The summed E-state index contributed by atoms with van der Waals surface area (Å²) >= 11 is 0. The third-order valence-corrected chi connectivity index (χ3v) is 1.07. The van der Waals surface area contributed by atoms with Gasteiger partial charge < -0.3 is 14.5 Å². The Morgan fingerprint density at radius 2 is 0.944 bits per heavy atom. The van der Waals surface area contributed by atoms with E-state index in [-0.39, 0.29) is 0 Å². The minimum absolute atomic E-state index is 0.555. The van der Waals surface area contributed by atoms with Crippen LogP contribution in [0.1, 0.15) is 0 Å². The van der Waals surface area contributed by atoms with E-state index in [4.69, 9.17) is 0 Å². The number of isocyanates is 3. The summed E-state index contributed by atoms with van der Waals surface area (Å²) < 4.78 is 0. The van der Waals surface area contributed by atoms with Crippen LogP contribution >= 0.6 is 0 Å². The summed E-state index contributed by atoms with van der Waals surface area (Å²) in [5.74, 6) is 0. The Labute approximate surface area is 96.6 Å². The fraction of sp³-hybridized carbons (Fsp3) is 0. The Morgan fingerprint density at radius 1 is 0.667 bits per heavy atom. The molecule has 0 radical (unpaired) electrons. The molecule has 0 aromatic carbocycles. The van der Waals surface area contributed by atoms with Gasteiger partial charge in [0, 0.05) is 15.5 Å². The maximum atomic E-state index is 9.80. The number of hydrogen-bond donors (Lipinski definition) is 0. The van der Waals surface area contributed by atoms with Gasteiger partial charge in [0.1, 0.15) is 0 Å². The molecule has 0 saturated heterocycles. The zero-order valence-electron chi connectivity index (χ0n) is 8.13. The van der Waals surface area contributed by atoms with Gasteiger partial charge in [-0.15, -0.1) is 15.0 Å². The molecule has 1 rings (SSSR count). The molecule has 1 aromatic heterocycles. The van der Waals surface area contributed by atoms with Crippen molar-refractivity contribution in [3.05, 3.63) is 0 Å². The van der Waals surface area contributed by atoms with Crippen LogP contribution in [0.4, 0.5) is 0 Å². The second-order valence-electron chi connectivity index (χ2n) is 2.00. The van der Waals surface area contributed by atoms with Gasteiger partial charge in [0.15, 0.2) is 0 Å². The van der Waals surface area contributed by atoms with Crippen LogP contribution in [-0.2, 0) is 14.4 Å². The molecule has 0 aliphatic heterocycles. The van der Waals surface area contributed by atoms with E-state index in [1.165, 1.54) is 0 Å². The van der Waals surface area contributed by atoms with E-state index in [0.717, 1.165) is 18.2 Å². The fourth-order valence-electron chi connectivity index (χ4n) is 0.621. The standard InChI is InChI=1S/C6N6O6/c13-1-7-16-4-10-5(17-8-2-14)12-6(11-4)18-9-3-15. The fourth-order valence-corrected chi connectivity index (χ4v) is 0.621. The van der Waals surface area contributed by atoms with Crippen molar-refractivity contribution in [1.29, 1.82) is 0 Å². The number of carbonyl (C=O) groups excluding carboxylic acids is 3. The van der Waals surface area contributed by atoms with Crippen molar-refractivity contribution in [2.75, 3.05) is 0 Å². The molecule has 0 fully saturated rings. The summed E-state index contributed by atoms with van der Waals surface area (Å²) in [7, 11) is 0. The summed E-state index contributed by atoms with van der Waals surface area (Å²) in [5, 5.41) is 8.10. The Balaban J connectivity index is 3.04. The molecule has 0 saturated carbocycles. The van der Waals surface area contributed by atoms with E-state index in [9.17, 15) is 14.4 Å². The Hall–Kier alpha value is -3.45. The normalized spacial score (nSPS) is 8.00. The van der Waals surface area contributed by atoms with Crippen molar-refractivity contribution < 1.29 is 28.9 Å². The summed E-state index contributed by atoms with van der Waals surface area (Å²) in [5.41, 5.74) is 0. The average Bonchev–Trinajstić information content (AvgIpc) is 2.40. The van der Waals surface area contributed by atoms with Gasteiger partial charge in [-0.25, -0.2) is 14.4 Å². The maximum absolute atomic E-state index is 9.80. The lowest BCUT2D eigenvalue weighted by molar-refractivity contribution is 0.248. The molecule has 12 nitrogen and oxygen atoms in total. The number of aromatic nitrogens is 3. The molecule has 18 heavy (non-hydrogen) atoms. The topological polar surface area (TPSA) is 155 Å². The van der Waals surface area contributed by atoms with E-state index >= 15 is 0 Å². The molecule has 0 atom stereocenters. The van der Waals surface area contributed by atoms with Gasteiger partial charge in [0.25, 0.3) is 18.2 Å². The summed E-state index contributed by atoms with van der Waals surface area (Å²) in [6.07, 6.45) is 3.12. The Morgan fingerprint density at radius 3 is 1.17 bits per heavy atom. The predicted molar refractivity (Wildman–Crippen MR) is 46.1 cm³/mol. The number of hydrogen-bond acceptors (Lipinski definition) is 12. The van der Waals surface area contributed by atoms with E-state index in [2.05, 4.69) is 44.9 Å². The third kappa shape index (κ3) is 3.96. The minimum Gasteiger partial charge on any atom is -0.303 e. The van der Waals surface area contributed by atoms with Crippen molar-refractivity contribution in [2.45, 2.75) is 0 Å². The zero-order valence-corrected chi connectivity index (χ0v) is 8.13. The molecule has 0 amide bonds. The average molecular weight is 252 g/mol. The Bertz CT molecular complexity index is 477. The highest BCUT2D eigenvalue weighted by Gasteiger charge is 2.10. The second-order valence-corrected chi connectivity index (χ2v) is 2.00. The van der Waals surface area contributed by atoms with Crippen LogP contribution < -0.4 is 14.5 Å². The first-order chi connectivity index (χ1) is 8.80. The lowest BCUT2D eigenvalue weighted by Gasteiger charge is -1.98. The van der Waals surface area contributed by atoms with Crippen LogP contribution in [0, 0.1) is 0 Å². The van der Waals surface area contributed by atoms with Crippen LogP contribution in [0.15, 0.2) is 15.5 Å². The van der Waals surface area contributed by atoms with Crippen molar-refractivity contribution in [1.82, 2.24) is 15.0 Å². The molecule has 1 aromatic rings. The molecule has 0 aliphatic carbocycles. The smallest absolute Gasteiger partial charge is 0.303 e. The molecular formula is C6N6O6. The number of nitrogens with zero attached hydrogens (tertiary/aromatic N) is 6. The molecule has 12 heteroatoms. The highest BCUT2D eigenvalue weighted by Crippen LogP contribution is 2.14. The van der Waals surface area contributed by atoms with Crippen molar-refractivity contribution in [3.8, 4) is 18.0 Å². The van der Waals surface area contributed by atoms with Gasteiger partial charge in [-0.3, -0.25) is 0 Å². The van der Waals surface area contributed by atoms with Crippen LogP contribution in [0.3, 0.4) is 0 Å². The highest BCUT2D eigenvalue weighted by molar-refractivity contribution is 5.32. The van der Waals surface area contributed by atoms with E-state index in [1.54, 1.807) is 0 Å². The van der Waals surface area contributed by atoms with Crippen LogP contribution in [0.2, 0.25) is 0 Å². The van der Waals surface area contributed by atoms with Gasteiger partial charge in [0.2, 0.25) is 0 Å². The summed E-state index contributed by atoms with van der Waals surface area (Å²) in [4.78, 5) is 52.4. The van der Waals surface area contributed by atoms with Gasteiger partial charge in [-0.2, -0.15) is 0 Å². The third-order valence-electron chi connectivity index (χ3n) is 1.07. The molecule has 0 bridgehead atoms. The van der Waals surface area contributed by atoms with E-state index in [1.807, 2.05) is 0 Å². The van der Waals surface area contributed by atoms with E-state index in [0.29, 0.717) is 0 Å². The lowest BCUT2D eigenvalue weighted by atomic mass is 10.9. The van der Waals surface area contributed by atoms with Crippen LogP contribution in [0.5, 0.6) is 18.0 Å². The molecule has 90 valence electrons. The molecule has 0 aliphatic rings. The van der Waals surface area contributed by atoms with Crippen LogP contribution in [0.25, 0.3) is 0 Å². The van der Waals surface area contributed by atoms with Crippen LogP contribution in [-0.4, -0.2) is 33.2 Å². The SMILES string of the molecule is O=C=NOc1nc(ON=C=O)nc(ON=C=O)n1.